The van der Waals surface area contributed by atoms with Crippen LogP contribution in [0, 0.1) is 0 Å². The van der Waals surface area contributed by atoms with Crippen LogP contribution in [0.2, 0.25) is 0 Å². The normalized spacial score (nSPS) is 10.4. The number of nitrogens with two attached hydrogens (primary N) is 1. The van der Waals surface area contributed by atoms with Crippen molar-refractivity contribution in [2.75, 3.05) is 18.2 Å². The molecule has 4 nitrogen and oxygen atoms in total. The van der Waals surface area contributed by atoms with Crippen LogP contribution in [0.4, 0.5) is 11.4 Å². The molecule has 0 heterocycles. The minimum absolute atomic E-state index is 0.221. The van der Waals surface area contributed by atoms with Crippen LogP contribution < -0.4 is 15.8 Å². The predicted octanol–water partition coefficient (Wildman–Crippen LogP) is 2.93. The molecule has 0 aromatic heterocycles. The minimum atomic E-state index is -0.221. The summed E-state index contributed by atoms with van der Waals surface area (Å²) in [6.07, 6.45) is 3.17. The van der Waals surface area contributed by atoms with Crippen molar-refractivity contribution >= 4 is 23.4 Å². The number of rotatable bonds is 4. The number of carbonyl (C=O) groups is 1. The zero-order valence-corrected chi connectivity index (χ0v) is 11.2. The number of hydrogen-bond donors (Lipinski definition) is 2. The zero-order chi connectivity index (χ0) is 14.4. The third kappa shape index (κ3) is 3.62. The van der Waals surface area contributed by atoms with Crippen LogP contribution in [0.1, 0.15) is 5.56 Å². The van der Waals surface area contributed by atoms with E-state index in [1.807, 2.05) is 24.3 Å². The smallest absolute Gasteiger partial charge is 0.248 e. The second-order valence-electron chi connectivity index (χ2n) is 4.19. The summed E-state index contributed by atoms with van der Waals surface area (Å²) in [6.45, 7) is 0. The van der Waals surface area contributed by atoms with Crippen molar-refractivity contribution in [1.29, 1.82) is 0 Å². The lowest BCUT2D eigenvalue weighted by Crippen LogP contribution is -2.07. The highest BCUT2D eigenvalue weighted by Gasteiger charge is 2.00. The first-order valence-electron chi connectivity index (χ1n) is 6.16. The van der Waals surface area contributed by atoms with Crippen LogP contribution in [-0.2, 0) is 4.79 Å². The molecule has 0 fully saturated rings. The molecule has 4 heteroatoms. The van der Waals surface area contributed by atoms with Crippen LogP contribution in [-0.4, -0.2) is 13.0 Å². The maximum absolute atomic E-state index is 11.8. The van der Waals surface area contributed by atoms with Crippen molar-refractivity contribution in [3.8, 4) is 5.75 Å². The van der Waals surface area contributed by atoms with Gasteiger partial charge in [0.25, 0.3) is 0 Å². The SMILES string of the molecule is COc1ccccc1/C=C/C(=O)Nc1cccc(N)c1. The van der Waals surface area contributed by atoms with Gasteiger partial charge in [0.1, 0.15) is 5.75 Å². The van der Waals surface area contributed by atoms with Crippen LogP contribution in [0.15, 0.2) is 54.6 Å². The summed E-state index contributed by atoms with van der Waals surface area (Å²) >= 11 is 0. The van der Waals surface area contributed by atoms with Gasteiger partial charge in [0.05, 0.1) is 7.11 Å². The maximum atomic E-state index is 11.8. The number of methoxy groups -OCH3 is 1. The van der Waals surface area contributed by atoms with E-state index in [-0.39, 0.29) is 5.91 Å². The Morgan fingerprint density at radius 3 is 2.75 bits per heavy atom. The van der Waals surface area contributed by atoms with Crippen molar-refractivity contribution in [2.45, 2.75) is 0 Å². The Morgan fingerprint density at radius 2 is 2.00 bits per heavy atom. The van der Waals surface area contributed by atoms with Gasteiger partial charge in [0.15, 0.2) is 0 Å². The molecule has 0 atom stereocenters. The fraction of sp³-hybridized carbons (Fsp3) is 0.0625. The van der Waals surface area contributed by atoms with E-state index in [1.165, 1.54) is 6.08 Å². The lowest BCUT2D eigenvalue weighted by atomic mass is 10.2. The first-order chi connectivity index (χ1) is 9.69. The summed E-state index contributed by atoms with van der Waals surface area (Å²) < 4.78 is 5.21. The van der Waals surface area contributed by atoms with Crippen LogP contribution in [0.3, 0.4) is 0 Å². The Bertz CT molecular complexity index is 636. The van der Waals surface area contributed by atoms with Gasteiger partial charge < -0.3 is 15.8 Å². The maximum Gasteiger partial charge on any atom is 0.248 e. The molecule has 0 aliphatic rings. The molecule has 0 spiro atoms. The van der Waals surface area contributed by atoms with Gasteiger partial charge in [-0.2, -0.15) is 0 Å². The molecule has 102 valence electrons. The fourth-order valence-corrected chi connectivity index (χ4v) is 1.77. The number of carbonyl (C=O) groups excluding carboxylic acids is 1. The van der Waals surface area contributed by atoms with Crippen molar-refractivity contribution in [3.05, 3.63) is 60.2 Å². The van der Waals surface area contributed by atoms with Gasteiger partial charge in [-0.05, 0) is 30.3 Å². The van der Waals surface area contributed by atoms with Crippen molar-refractivity contribution in [3.63, 3.8) is 0 Å². The molecular formula is C16H16N2O2. The summed E-state index contributed by atoms with van der Waals surface area (Å²) in [5.41, 5.74) is 7.77. The number of para-hydroxylation sites is 1. The average molecular weight is 268 g/mol. The highest BCUT2D eigenvalue weighted by atomic mass is 16.5. The predicted molar refractivity (Wildman–Crippen MR) is 81.5 cm³/mol. The van der Waals surface area contributed by atoms with E-state index in [0.717, 1.165) is 11.3 Å². The van der Waals surface area contributed by atoms with Crippen molar-refractivity contribution < 1.29 is 9.53 Å². The van der Waals surface area contributed by atoms with Crippen LogP contribution >= 0.6 is 0 Å². The lowest BCUT2D eigenvalue weighted by molar-refractivity contribution is -0.111. The Balaban J connectivity index is 2.06. The Labute approximate surface area is 117 Å². The number of nitrogens with one attached hydrogen (secondary N) is 1. The van der Waals surface area contributed by atoms with Crippen LogP contribution in [0.5, 0.6) is 5.75 Å². The lowest BCUT2D eigenvalue weighted by Gasteiger charge is -2.04. The first-order valence-corrected chi connectivity index (χ1v) is 6.16. The molecule has 3 N–H and O–H groups in total. The molecule has 0 saturated heterocycles. The second-order valence-corrected chi connectivity index (χ2v) is 4.19. The second kappa shape index (κ2) is 6.43. The fourth-order valence-electron chi connectivity index (χ4n) is 1.77. The van der Waals surface area contributed by atoms with Crippen LogP contribution in [0.25, 0.3) is 6.08 Å². The summed E-state index contributed by atoms with van der Waals surface area (Å²) in [6, 6.07) is 14.5. The third-order valence-corrected chi connectivity index (χ3v) is 2.71. The third-order valence-electron chi connectivity index (χ3n) is 2.71. The van der Waals surface area contributed by atoms with E-state index in [4.69, 9.17) is 10.5 Å². The Kier molecular flexibility index (Phi) is 4.39. The molecule has 0 radical (unpaired) electrons. The molecule has 0 saturated carbocycles. The molecule has 2 aromatic carbocycles. The van der Waals surface area contributed by atoms with Gasteiger partial charge in [0.2, 0.25) is 5.91 Å². The van der Waals surface area contributed by atoms with E-state index in [9.17, 15) is 4.79 Å². The average Bonchev–Trinajstić information content (AvgIpc) is 2.45. The molecule has 0 bridgehead atoms. The standard InChI is InChI=1S/C16H16N2O2/c1-20-15-8-3-2-5-12(15)9-10-16(19)18-14-7-4-6-13(17)11-14/h2-11H,17H2,1H3,(H,18,19)/b10-9+. The molecule has 0 unspecified atom stereocenters. The highest BCUT2D eigenvalue weighted by molar-refractivity contribution is 6.02. The molecular weight excluding hydrogens is 252 g/mol. The summed E-state index contributed by atoms with van der Waals surface area (Å²) in [7, 11) is 1.60. The molecule has 2 rings (SSSR count). The Morgan fingerprint density at radius 1 is 1.20 bits per heavy atom. The van der Waals surface area contributed by atoms with Gasteiger partial charge >= 0.3 is 0 Å². The summed E-state index contributed by atoms with van der Waals surface area (Å²) in [5, 5.41) is 2.74. The Hall–Kier alpha value is -2.75. The summed E-state index contributed by atoms with van der Waals surface area (Å²) in [5.74, 6) is 0.502. The number of anilines is 2. The molecule has 1 amide bonds. The van der Waals surface area contributed by atoms with Gasteiger partial charge in [-0.25, -0.2) is 0 Å². The van der Waals surface area contributed by atoms with Gasteiger partial charge in [0, 0.05) is 23.0 Å². The molecule has 2 aromatic rings. The molecule has 0 aliphatic heterocycles. The summed E-state index contributed by atoms with van der Waals surface area (Å²) in [4.78, 5) is 11.8. The van der Waals surface area contributed by atoms with E-state index in [1.54, 1.807) is 37.5 Å². The molecule has 20 heavy (non-hydrogen) atoms. The minimum Gasteiger partial charge on any atom is -0.496 e. The monoisotopic (exact) mass is 268 g/mol. The number of benzene rings is 2. The van der Waals surface area contributed by atoms with E-state index in [2.05, 4.69) is 5.32 Å². The van der Waals surface area contributed by atoms with Crippen molar-refractivity contribution in [2.24, 2.45) is 0 Å². The highest BCUT2D eigenvalue weighted by Crippen LogP contribution is 2.18. The van der Waals surface area contributed by atoms with E-state index >= 15 is 0 Å². The number of ether oxygens (including phenoxy) is 1. The van der Waals surface area contributed by atoms with Crippen molar-refractivity contribution in [1.82, 2.24) is 0 Å². The quantitative estimate of drug-likeness (QED) is 0.662. The molecule has 0 aliphatic carbocycles. The number of nitrogen functional groups attached to an aromatic ring is 1. The number of amides is 1. The van der Waals surface area contributed by atoms with E-state index < -0.39 is 0 Å². The number of hydrogen-bond acceptors (Lipinski definition) is 3. The van der Waals surface area contributed by atoms with Gasteiger partial charge in [-0.1, -0.05) is 24.3 Å². The van der Waals surface area contributed by atoms with E-state index in [0.29, 0.717) is 11.4 Å². The zero-order valence-electron chi connectivity index (χ0n) is 11.2. The first kappa shape index (κ1) is 13.7. The van der Waals surface area contributed by atoms with Gasteiger partial charge in [-0.3, -0.25) is 4.79 Å². The topological polar surface area (TPSA) is 64.3 Å². The largest absolute Gasteiger partial charge is 0.496 e. The van der Waals surface area contributed by atoms with Gasteiger partial charge in [-0.15, -0.1) is 0 Å².